The molecular weight excluding hydrogens is 314 g/mol. The number of rotatable bonds is 7. The fraction of sp³-hybridized carbons (Fsp3) is 0.300. The number of hydrogen-bond acceptors (Lipinski definition) is 3. The van der Waals surface area contributed by atoms with Gasteiger partial charge in [0.2, 0.25) is 11.8 Å². The summed E-state index contributed by atoms with van der Waals surface area (Å²) in [5.74, 6) is -0.279. The SMILES string of the molecule is CCc1ccccc1NC(=O)CN(C)[C@@H](C)C(=O)Nc1ccccc1. The second kappa shape index (κ2) is 8.99. The van der Waals surface area contributed by atoms with Gasteiger partial charge in [0.15, 0.2) is 0 Å². The third kappa shape index (κ3) is 5.43. The van der Waals surface area contributed by atoms with Crippen molar-refractivity contribution in [2.75, 3.05) is 24.2 Å². The molecule has 0 saturated carbocycles. The van der Waals surface area contributed by atoms with Crippen LogP contribution in [0.4, 0.5) is 11.4 Å². The molecule has 0 bridgehead atoms. The zero-order valence-electron chi connectivity index (χ0n) is 15.0. The Kier molecular flexibility index (Phi) is 6.71. The van der Waals surface area contributed by atoms with Crippen LogP contribution in [0.5, 0.6) is 0 Å². The van der Waals surface area contributed by atoms with Crippen molar-refractivity contribution in [2.24, 2.45) is 0 Å². The quantitative estimate of drug-likeness (QED) is 0.815. The van der Waals surface area contributed by atoms with E-state index in [4.69, 9.17) is 0 Å². The van der Waals surface area contributed by atoms with E-state index in [-0.39, 0.29) is 18.4 Å². The van der Waals surface area contributed by atoms with E-state index in [1.165, 1.54) is 0 Å². The molecular formula is C20H25N3O2. The largest absolute Gasteiger partial charge is 0.325 e. The first-order chi connectivity index (χ1) is 12.0. The second-order valence-electron chi connectivity index (χ2n) is 6.01. The second-order valence-corrected chi connectivity index (χ2v) is 6.01. The van der Waals surface area contributed by atoms with E-state index in [0.29, 0.717) is 0 Å². The van der Waals surface area contributed by atoms with Crippen molar-refractivity contribution in [3.05, 3.63) is 60.2 Å². The van der Waals surface area contributed by atoms with E-state index in [9.17, 15) is 9.59 Å². The molecule has 2 amide bonds. The predicted molar refractivity (Wildman–Crippen MR) is 102 cm³/mol. The number of benzene rings is 2. The number of carbonyl (C=O) groups excluding carboxylic acids is 2. The van der Waals surface area contributed by atoms with Gasteiger partial charge in [-0.25, -0.2) is 0 Å². The standard InChI is InChI=1S/C20H25N3O2/c1-4-16-10-8-9-13-18(16)22-19(24)14-23(3)15(2)20(25)21-17-11-6-5-7-12-17/h5-13,15H,4,14H2,1-3H3,(H,21,25)(H,22,24)/t15-/m0/s1. The molecule has 132 valence electrons. The molecule has 0 unspecified atom stereocenters. The van der Waals surface area contributed by atoms with Crippen LogP contribution in [0.15, 0.2) is 54.6 Å². The van der Waals surface area contributed by atoms with Crippen molar-refractivity contribution in [2.45, 2.75) is 26.3 Å². The van der Waals surface area contributed by atoms with E-state index in [1.54, 1.807) is 18.9 Å². The lowest BCUT2D eigenvalue weighted by atomic mass is 10.1. The van der Waals surface area contributed by atoms with Crippen molar-refractivity contribution < 1.29 is 9.59 Å². The molecule has 25 heavy (non-hydrogen) atoms. The summed E-state index contributed by atoms with van der Waals surface area (Å²) in [6.45, 7) is 3.97. The van der Waals surface area contributed by atoms with Gasteiger partial charge in [-0.15, -0.1) is 0 Å². The Morgan fingerprint density at radius 3 is 2.32 bits per heavy atom. The first-order valence-electron chi connectivity index (χ1n) is 8.45. The Balaban J connectivity index is 1.90. The first kappa shape index (κ1) is 18.7. The van der Waals surface area contributed by atoms with Crippen LogP contribution in [-0.2, 0) is 16.0 Å². The maximum atomic E-state index is 12.3. The highest BCUT2D eigenvalue weighted by atomic mass is 16.2. The van der Waals surface area contributed by atoms with Crippen molar-refractivity contribution in [1.29, 1.82) is 0 Å². The van der Waals surface area contributed by atoms with Crippen molar-refractivity contribution in [1.82, 2.24) is 4.90 Å². The number of carbonyl (C=O) groups is 2. The number of likely N-dealkylation sites (N-methyl/N-ethyl adjacent to an activating group) is 1. The molecule has 0 fully saturated rings. The van der Waals surface area contributed by atoms with Crippen LogP contribution in [0.2, 0.25) is 0 Å². The summed E-state index contributed by atoms with van der Waals surface area (Å²) in [6, 6.07) is 16.6. The Hall–Kier alpha value is -2.66. The van der Waals surface area contributed by atoms with Crippen LogP contribution >= 0.6 is 0 Å². The molecule has 0 spiro atoms. The van der Waals surface area contributed by atoms with Gasteiger partial charge in [-0.1, -0.05) is 43.3 Å². The summed E-state index contributed by atoms with van der Waals surface area (Å²) in [5, 5.41) is 5.78. The molecule has 2 rings (SSSR count). The summed E-state index contributed by atoms with van der Waals surface area (Å²) in [6.07, 6.45) is 0.849. The van der Waals surface area contributed by atoms with E-state index in [2.05, 4.69) is 10.6 Å². The highest BCUT2D eigenvalue weighted by molar-refractivity contribution is 5.96. The molecule has 0 aromatic heterocycles. The van der Waals surface area contributed by atoms with E-state index >= 15 is 0 Å². The number of nitrogens with zero attached hydrogens (tertiary/aromatic N) is 1. The molecule has 0 aliphatic carbocycles. The van der Waals surface area contributed by atoms with E-state index in [0.717, 1.165) is 23.4 Å². The van der Waals surface area contributed by atoms with Crippen molar-refractivity contribution >= 4 is 23.2 Å². The lowest BCUT2D eigenvalue weighted by Crippen LogP contribution is -2.43. The topological polar surface area (TPSA) is 61.4 Å². The highest BCUT2D eigenvalue weighted by Crippen LogP contribution is 2.15. The molecule has 0 heterocycles. The summed E-state index contributed by atoms with van der Waals surface area (Å²) in [7, 11) is 1.76. The maximum absolute atomic E-state index is 12.3. The number of para-hydroxylation sites is 2. The smallest absolute Gasteiger partial charge is 0.241 e. The lowest BCUT2D eigenvalue weighted by Gasteiger charge is -2.23. The summed E-state index contributed by atoms with van der Waals surface area (Å²) in [4.78, 5) is 26.3. The summed E-state index contributed by atoms with van der Waals surface area (Å²) in [5.41, 5.74) is 2.66. The molecule has 0 aliphatic heterocycles. The molecule has 5 nitrogen and oxygen atoms in total. The Morgan fingerprint density at radius 2 is 1.64 bits per heavy atom. The normalized spacial score (nSPS) is 11.8. The Morgan fingerprint density at radius 1 is 1.00 bits per heavy atom. The molecule has 0 saturated heterocycles. The third-order valence-corrected chi connectivity index (χ3v) is 4.15. The predicted octanol–water partition coefficient (Wildman–Crippen LogP) is 3.15. The maximum Gasteiger partial charge on any atom is 0.241 e. The van der Waals surface area contributed by atoms with Crippen LogP contribution in [0, 0.1) is 0 Å². The molecule has 0 radical (unpaired) electrons. The van der Waals surface area contributed by atoms with Gasteiger partial charge in [-0.05, 0) is 44.2 Å². The zero-order valence-corrected chi connectivity index (χ0v) is 15.0. The van der Waals surface area contributed by atoms with Gasteiger partial charge in [-0.3, -0.25) is 14.5 Å². The van der Waals surface area contributed by atoms with Gasteiger partial charge in [0, 0.05) is 11.4 Å². The van der Waals surface area contributed by atoms with Crippen LogP contribution in [0.3, 0.4) is 0 Å². The number of hydrogen-bond donors (Lipinski definition) is 2. The Labute approximate surface area is 149 Å². The van der Waals surface area contributed by atoms with Crippen LogP contribution < -0.4 is 10.6 Å². The minimum absolute atomic E-state index is 0.136. The van der Waals surface area contributed by atoms with Crippen molar-refractivity contribution in [3.8, 4) is 0 Å². The fourth-order valence-corrected chi connectivity index (χ4v) is 2.47. The molecule has 0 aliphatic rings. The number of aryl methyl sites for hydroxylation is 1. The van der Waals surface area contributed by atoms with Gasteiger partial charge >= 0.3 is 0 Å². The Bertz CT molecular complexity index is 716. The molecule has 2 aromatic carbocycles. The van der Waals surface area contributed by atoms with E-state index in [1.807, 2.05) is 61.5 Å². The van der Waals surface area contributed by atoms with Gasteiger partial charge in [0.05, 0.1) is 12.6 Å². The highest BCUT2D eigenvalue weighted by Gasteiger charge is 2.20. The zero-order chi connectivity index (χ0) is 18.2. The molecule has 5 heteroatoms. The van der Waals surface area contributed by atoms with E-state index < -0.39 is 6.04 Å². The minimum atomic E-state index is -0.424. The average Bonchev–Trinajstić information content (AvgIpc) is 2.62. The summed E-state index contributed by atoms with van der Waals surface area (Å²) < 4.78 is 0. The fourth-order valence-electron chi connectivity index (χ4n) is 2.47. The minimum Gasteiger partial charge on any atom is -0.325 e. The van der Waals surface area contributed by atoms with Gasteiger partial charge in [0.1, 0.15) is 0 Å². The number of nitrogens with one attached hydrogen (secondary N) is 2. The molecule has 1 atom stereocenters. The van der Waals surface area contributed by atoms with Crippen LogP contribution in [0.1, 0.15) is 19.4 Å². The van der Waals surface area contributed by atoms with Crippen molar-refractivity contribution in [3.63, 3.8) is 0 Å². The monoisotopic (exact) mass is 339 g/mol. The van der Waals surface area contributed by atoms with Crippen LogP contribution in [0.25, 0.3) is 0 Å². The summed E-state index contributed by atoms with van der Waals surface area (Å²) >= 11 is 0. The third-order valence-electron chi connectivity index (χ3n) is 4.15. The average molecular weight is 339 g/mol. The molecule has 2 N–H and O–H groups in total. The van der Waals surface area contributed by atoms with Gasteiger partial charge in [-0.2, -0.15) is 0 Å². The number of anilines is 2. The number of amides is 2. The molecule has 2 aromatic rings. The first-order valence-corrected chi connectivity index (χ1v) is 8.45. The van der Waals surface area contributed by atoms with Crippen LogP contribution in [-0.4, -0.2) is 36.3 Å². The lowest BCUT2D eigenvalue weighted by molar-refractivity contribution is -0.122. The van der Waals surface area contributed by atoms with Gasteiger partial charge < -0.3 is 10.6 Å². The van der Waals surface area contributed by atoms with Gasteiger partial charge in [0.25, 0.3) is 0 Å².